The smallest absolute Gasteiger partial charge is 0.168 e. The summed E-state index contributed by atoms with van der Waals surface area (Å²) in [6, 6.07) is 12.0. The normalized spacial score (nSPS) is 10.5. The van der Waals surface area contributed by atoms with Crippen molar-refractivity contribution in [3.63, 3.8) is 0 Å². The average Bonchev–Trinajstić information content (AvgIpc) is 2.34. The van der Waals surface area contributed by atoms with Crippen molar-refractivity contribution >= 4 is 28.4 Å². The molecule has 0 radical (unpaired) electrons. The van der Waals surface area contributed by atoms with Crippen molar-refractivity contribution in [1.29, 1.82) is 0 Å². The number of hydrogen-bond donors (Lipinski definition) is 0. The Morgan fingerprint density at radius 2 is 1.63 bits per heavy atom. The Labute approximate surface area is 128 Å². The number of aryl methyl sites for hydroxylation is 3. The molecule has 0 aliphatic heterocycles. The van der Waals surface area contributed by atoms with Gasteiger partial charge in [0.05, 0.1) is 0 Å². The van der Waals surface area contributed by atoms with Gasteiger partial charge in [-0.2, -0.15) is 0 Å². The second-order valence-electron chi connectivity index (χ2n) is 4.96. The van der Waals surface area contributed by atoms with Crippen LogP contribution in [0.2, 0.25) is 0 Å². The SMILES string of the molecule is Cc1cc(C)c(CC(=O)c2ccccc2I)c(C)c1. The molecule has 0 amide bonds. The Morgan fingerprint density at radius 1 is 1.05 bits per heavy atom. The van der Waals surface area contributed by atoms with Gasteiger partial charge in [-0.1, -0.05) is 35.9 Å². The summed E-state index contributed by atoms with van der Waals surface area (Å²) >= 11 is 2.22. The second-order valence-corrected chi connectivity index (χ2v) is 6.12. The lowest BCUT2D eigenvalue weighted by Gasteiger charge is -2.11. The number of carbonyl (C=O) groups excluding carboxylic acids is 1. The van der Waals surface area contributed by atoms with Gasteiger partial charge in [-0.15, -0.1) is 0 Å². The molecule has 2 aromatic carbocycles. The van der Waals surface area contributed by atoms with Gasteiger partial charge in [0, 0.05) is 15.6 Å². The molecule has 0 unspecified atom stereocenters. The highest BCUT2D eigenvalue weighted by Crippen LogP contribution is 2.20. The van der Waals surface area contributed by atoms with Crippen LogP contribution in [0, 0.1) is 24.3 Å². The number of Topliss-reactive ketones (excluding diaryl/α,β-unsaturated/α-hetero) is 1. The van der Waals surface area contributed by atoms with Crippen molar-refractivity contribution in [2.75, 3.05) is 0 Å². The minimum Gasteiger partial charge on any atom is -0.294 e. The van der Waals surface area contributed by atoms with Crippen molar-refractivity contribution in [3.05, 3.63) is 67.8 Å². The Morgan fingerprint density at radius 3 is 2.21 bits per heavy atom. The van der Waals surface area contributed by atoms with E-state index < -0.39 is 0 Å². The van der Waals surface area contributed by atoms with Crippen LogP contribution in [-0.4, -0.2) is 5.78 Å². The van der Waals surface area contributed by atoms with Gasteiger partial charge < -0.3 is 0 Å². The molecular weight excluding hydrogens is 347 g/mol. The second kappa shape index (κ2) is 5.87. The Bertz CT molecular complexity index is 606. The Hall–Kier alpha value is -1.16. The first-order valence-corrected chi connectivity index (χ1v) is 7.41. The van der Waals surface area contributed by atoms with Gasteiger partial charge in [0.15, 0.2) is 5.78 Å². The highest BCUT2D eigenvalue weighted by atomic mass is 127. The number of ketones is 1. The van der Waals surface area contributed by atoms with Gasteiger partial charge >= 0.3 is 0 Å². The minimum absolute atomic E-state index is 0.194. The van der Waals surface area contributed by atoms with Gasteiger partial charge in [-0.25, -0.2) is 0 Å². The van der Waals surface area contributed by atoms with Crippen molar-refractivity contribution < 1.29 is 4.79 Å². The number of carbonyl (C=O) groups is 1. The zero-order valence-electron chi connectivity index (χ0n) is 11.5. The van der Waals surface area contributed by atoms with E-state index in [0.29, 0.717) is 6.42 Å². The fourth-order valence-electron chi connectivity index (χ4n) is 2.43. The molecule has 0 saturated carbocycles. The van der Waals surface area contributed by atoms with Crippen LogP contribution < -0.4 is 0 Å². The maximum Gasteiger partial charge on any atom is 0.168 e. The lowest BCUT2D eigenvalue weighted by atomic mass is 9.94. The van der Waals surface area contributed by atoms with E-state index in [9.17, 15) is 4.79 Å². The third-order valence-electron chi connectivity index (χ3n) is 3.35. The zero-order valence-corrected chi connectivity index (χ0v) is 13.6. The molecule has 0 aliphatic rings. The first kappa shape index (κ1) is 14.3. The van der Waals surface area contributed by atoms with Crippen molar-refractivity contribution in [3.8, 4) is 0 Å². The van der Waals surface area contributed by atoms with E-state index in [2.05, 4.69) is 55.5 Å². The molecule has 0 saturated heterocycles. The van der Waals surface area contributed by atoms with Gasteiger partial charge in [0.2, 0.25) is 0 Å². The van der Waals surface area contributed by atoms with Crippen LogP contribution in [0.4, 0.5) is 0 Å². The van der Waals surface area contributed by atoms with Crippen LogP contribution in [0.15, 0.2) is 36.4 Å². The molecule has 0 spiro atoms. The molecule has 1 nitrogen and oxygen atoms in total. The molecule has 0 aromatic heterocycles. The molecule has 2 rings (SSSR count). The molecule has 0 fully saturated rings. The number of halogens is 1. The standard InChI is InChI=1S/C17H17IO/c1-11-8-12(2)15(13(3)9-11)10-17(19)14-6-4-5-7-16(14)18/h4-9H,10H2,1-3H3. The van der Waals surface area contributed by atoms with Crippen molar-refractivity contribution in [1.82, 2.24) is 0 Å². The molecular formula is C17H17IO. The predicted octanol–water partition coefficient (Wildman–Crippen LogP) is 4.64. The van der Waals surface area contributed by atoms with Gasteiger partial charge in [-0.3, -0.25) is 4.79 Å². The average molecular weight is 364 g/mol. The van der Waals surface area contributed by atoms with Crippen LogP contribution >= 0.6 is 22.6 Å². The molecule has 19 heavy (non-hydrogen) atoms. The highest BCUT2D eigenvalue weighted by Gasteiger charge is 2.13. The maximum atomic E-state index is 12.4. The molecule has 0 bridgehead atoms. The minimum atomic E-state index is 0.194. The molecule has 2 heteroatoms. The lowest BCUT2D eigenvalue weighted by molar-refractivity contribution is 0.0991. The first-order chi connectivity index (χ1) is 8.99. The van der Waals surface area contributed by atoms with Gasteiger partial charge in [0.25, 0.3) is 0 Å². The first-order valence-electron chi connectivity index (χ1n) is 6.33. The van der Waals surface area contributed by atoms with E-state index in [0.717, 1.165) is 14.7 Å². The molecule has 2 aromatic rings. The third kappa shape index (κ3) is 3.24. The summed E-state index contributed by atoms with van der Waals surface area (Å²) in [6.07, 6.45) is 0.484. The van der Waals surface area contributed by atoms with E-state index >= 15 is 0 Å². The van der Waals surface area contributed by atoms with E-state index in [4.69, 9.17) is 0 Å². The summed E-state index contributed by atoms with van der Waals surface area (Å²) in [5.41, 5.74) is 5.65. The van der Waals surface area contributed by atoms with E-state index in [1.807, 2.05) is 24.3 Å². The zero-order chi connectivity index (χ0) is 14.0. The largest absolute Gasteiger partial charge is 0.294 e. The van der Waals surface area contributed by atoms with Crippen LogP contribution in [0.5, 0.6) is 0 Å². The summed E-state index contributed by atoms with van der Waals surface area (Å²) in [6.45, 7) is 6.25. The topological polar surface area (TPSA) is 17.1 Å². The van der Waals surface area contributed by atoms with E-state index in [1.165, 1.54) is 16.7 Å². The summed E-state index contributed by atoms with van der Waals surface area (Å²) in [4.78, 5) is 12.4. The molecule has 0 aliphatic carbocycles. The van der Waals surface area contributed by atoms with Crippen LogP contribution in [-0.2, 0) is 6.42 Å². The monoisotopic (exact) mass is 364 g/mol. The highest BCUT2D eigenvalue weighted by molar-refractivity contribution is 14.1. The molecule has 0 heterocycles. The molecule has 98 valence electrons. The van der Waals surface area contributed by atoms with E-state index in [1.54, 1.807) is 0 Å². The van der Waals surface area contributed by atoms with Crippen molar-refractivity contribution in [2.24, 2.45) is 0 Å². The Kier molecular flexibility index (Phi) is 4.40. The summed E-state index contributed by atoms with van der Waals surface area (Å²) in [5, 5.41) is 0. The Balaban J connectivity index is 2.32. The lowest BCUT2D eigenvalue weighted by Crippen LogP contribution is -2.08. The number of benzene rings is 2. The maximum absolute atomic E-state index is 12.4. The van der Waals surface area contributed by atoms with Crippen molar-refractivity contribution in [2.45, 2.75) is 27.2 Å². The van der Waals surface area contributed by atoms with Gasteiger partial charge in [-0.05, 0) is 66.1 Å². The fraction of sp³-hybridized carbons (Fsp3) is 0.235. The third-order valence-corrected chi connectivity index (χ3v) is 4.29. The number of rotatable bonds is 3. The van der Waals surface area contributed by atoms with Gasteiger partial charge in [0.1, 0.15) is 0 Å². The van der Waals surface area contributed by atoms with Crippen LogP contribution in [0.3, 0.4) is 0 Å². The summed E-state index contributed by atoms with van der Waals surface area (Å²) in [7, 11) is 0. The summed E-state index contributed by atoms with van der Waals surface area (Å²) in [5.74, 6) is 0.194. The summed E-state index contributed by atoms with van der Waals surface area (Å²) < 4.78 is 1.02. The predicted molar refractivity (Wildman–Crippen MR) is 87.8 cm³/mol. The van der Waals surface area contributed by atoms with Crippen LogP contribution in [0.25, 0.3) is 0 Å². The van der Waals surface area contributed by atoms with Crippen LogP contribution in [0.1, 0.15) is 32.6 Å². The fourth-order valence-corrected chi connectivity index (χ4v) is 3.12. The quantitative estimate of drug-likeness (QED) is 0.573. The number of hydrogen-bond acceptors (Lipinski definition) is 1. The van der Waals surface area contributed by atoms with E-state index in [-0.39, 0.29) is 5.78 Å². The molecule has 0 N–H and O–H groups in total. The molecule has 0 atom stereocenters.